The molecule has 0 amide bonds. The summed E-state index contributed by atoms with van der Waals surface area (Å²) in [5.41, 5.74) is 0.131. The second-order valence-corrected chi connectivity index (χ2v) is 5.06. The molecule has 0 saturated carbocycles. The van der Waals surface area contributed by atoms with E-state index in [1.54, 1.807) is 0 Å². The number of rotatable bonds is 2. The monoisotopic (exact) mass is 237 g/mol. The van der Waals surface area contributed by atoms with Crippen LogP contribution in [0.1, 0.15) is 10.5 Å². The Balaban J connectivity index is 3.29. The van der Waals surface area contributed by atoms with Crippen molar-refractivity contribution >= 4 is 25.7 Å². The molecule has 0 fully saturated rings. The molecule has 0 spiro atoms. The third-order valence-electron chi connectivity index (χ3n) is 1.72. The molecule has 0 radical (unpaired) electrons. The third kappa shape index (κ3) is 1.91. The lowest BCUT2D eigenvalue weighted by Crippen LogP contribution is -2.10. The average molecular weight is 238 g/mol. The van der Waals surface area contributed by atoms with Crippen LogP contribution in [0.15, 0.2) is 17.2 Å². The van der Waals surface area contributed by atoms with E-state index in [4.69, 9.17) is 10.7 Å². The smallest absolute Gasteiger partial charge is 0.354 e. The van der Waals surface area contributed by atoms with Gasteiger partial charge < -0.3 is 9.30 Å². The number of nitrogens with zero attached hydrogens (tertiary/aromatic N) is 1. The minimum absolute atomic E-state index is 0.131. The van der Waals surface area contributed by atoms with Gasteiger partial charge in [-0.2, -0.15) is 0 Å². The molecule has 0 aromatic carbocycles. The summed E-state index contributed by atoms with van der Waals surface area (Å²) in [7, 11) is 3.93. The van der Waals surface area contributed by atoms with Crippen LogP contribution in [-0.2, 0) is 20.8 Å². The van der Waals surface area contributed by atoms with E-state index in [2.05, 4.69) is 4.74 Å². The Morgan fingerprint density at radius 2 is 2.07 bits per heavy atom. The summed E-state index contributed by atoms with van der Waals surface area (Å²) in [6.07, 6.45) is 0. The highest BCUT2D eigenvalue weighted by Gasteiger charge is 2.19. The summed E-state index contributed by atoms with van der Waals surface area (Å²) in [5, 5.41) is -0.139. The average Bonchev–Trinajstić information content (AvgIpc) is 2.45. The molecule has 0 aliphatic heterocycles. The molecule has 14 heavy (non-hydrogen) atoms. The first-order valence-corrected chi connectivity index (χ1v) is 5.87. The molecule has 5 nitrogen and oxygen atoms in total. The Morgan fingerprint density at radius 1 is 1.50 bits per heavy atom. The van der Waals surface area contributed by atoms with Crippen LogP contribution < -0.4 is 0 Å². The fraction of sp³-hybridized carbons (Fsp3) is 0.286. The van der Waals surface area contributed by atoms with Crippen LogP contribution in [0.3, 0.4) is 0 Å². The lowest BCUT2D eigenvalue weighted by molar-refractivity contribution is 0.0589. The van der Waals surface area contributed by atoms with Crippen LogP contribution in [0.5, 0.6) is 0 Å². The van der Waals surface area contributed by atoms with Gasteiger partial charge in [0, 0.05) is 17.7 Å². The molecule has 0 unspecified atom stereocenters. The molecule has 1 rings (SSSR count). The van der Waals surface area contributed by atoms with Gasteiger partial charge in [0.15, 0.2) is 5.03 Å². The summed E-state index contributed by atoms with van der Waals surface area (Å²) in [5.74, 6) is -0.612. The van der Waals surface area contributed by atoms with Crippen LogP contribution in [-0.4, -0.2) is 26.1 Å². The quantitative estimate of drug-likeness (QED) is 0.562. The highest BCUT2D eigenvalue weighted by molar-refractivity contribution is 8.13. The van der Waals surface area contributed by atoms with E-state index in [1.807, 2.05) is 0 Å². The molecule has 78 valence electrons. The predicted molar refractivity (Wildman–Crippen MR) is 49.8 cm³/mol. The highest BCUT2D eigenvalue weighted by atomic mass is 35.7. The molecule has 7 heteroatoms. The first-order chi connectivity index (χ1) is 6.38. The number of esters is 1. The third-order valence-corrected chi connectivity index (χ3v) is 3.10. The van der Waals surface area contributed by atoms with Gasteiger partial charge in [-0.25, -0.2) is 13.2 Å². The second-order valence-electron chi connectivity index (χ2n) is 2.55. The van der Waals surface area contributed by atoms with Crippen LogP contribution >= 0.6 is 10.7 Å². The van der Waals surface area contributed by atoms with E-state index in [9.17, 15) is 13.2 Å². The van der Waals surface area contributed by atoms with E-state index in [1.165, 1.54) is 26.3 Å². The minimum Gasteiger partial charge on any atom is -0.464 e. The summed E-state index contributed by atoms with van der Waals surface area (Å²) in [6, 6.07) is 2.58. The largest absolute Gasteiger partial charge is 0.464 e. The molecule has 1 heterocycles. The van der Waals surface area contributed by atoms with Crippen LogP contribution in [0.4, 0.5) is 0 Å². The Kier molecular flexibility index (Phi) is 2.86. The Morgan fingerprint density at radius 3 is 2.43 bits per heavy atom. The fourth-order valence-electron chi connectivity index (χ4n) is 1.05. The first kappa shape index (κ1) is 11.1. The second kappa shape index (κ2) is 3.62. The van der Waals surface area contributed by atoms with Gasteiger partial charge in [-0.3, -0.25) is 0 Å². The standard InChI is InChI=1S/C7H8ClNO4S/c1-9-5(7(10)13-2)3-4-6(9)14(8,11)12/h3-4H,1-2H3. The molecule has 0 N–H and O–H groups in total. The highest BCUT2D eigenvalue weighted by Crippen LogP contribution is 2.17. The number of hydrogen-bond acceptors (Lipinski definition) is 4. The molecule has 0 aliphatic rings. The van der Waals surface area contributed by atoms with Gasteiger partial charge in [0.2, 0.25) is 0 Å². The van der Waals surface area contributed by atoms with Crippen molar-refractivity contribution in [1.29, 1.82) is 0 Å². The van der Waals surface area contributed by atoms with Crippen molar-refractivity contribution < 1.29 is 17.9 Å². The van der Waals surface area contributed by atoms with E-state index in [-0.39, 0.29) is 10.7 Å². The number of halogens is 1. The van der Waals surface area contributed by atoms with E-state index >= 15 is 0 Å². The minimum atomic E-state index is -3.83. The van der Waals surface area contributed by atoms with Gasteiger partial charge in [0.25, 0.3) is 9.05 Å². The van der Waals surface area contributed by atoms with Crippen molar-refractivity contribution in [2.24, 2.45) is 7.05 Å². The van der Waals surface area contributed by atoms with Crippen molar-refractivity contribution in [2.45, 2.75) is 5.03 Å². The van der Waals surface area contributed by atoms with Gasteiger partial charge >= 0.3 is 5.97 Å². The zero-order valence-electron chi connectivity index (χ0n) is 7.52. The van der Waals surface area contributed by atoms with Crippen LogP contribution in [0.25, 0.3) is 0 Å². The molecular formula is C7H8ClNO4S. The van der Waals surface area contributed by atoms with Crippen molar-refractivity contribution in [2.75, 3.05) is 7.11 Å². The van der Waals surface area contributed by atoms with Gasteiger partial charge in [-0.15, -0.1) is 0 Å². The van der Waals surface area contributed by atoms with Gasteiger partial charge in [-0.1, -0.05) is 0 Å². The van der Waals surface area contributed by atoms with Gasteiger partial charge in [0.1, 0.15) is 5.69 Å². The molecule has 0 atom stereocenters. The van der Waals surface area contributed by atoms with Crippen molar-refractivity contribution in [3.8, 4) is 0 Å². The molecular weight excluding hydrogens is 230 g/mol. The number of carbonyl (C=O) groups excluding carboxylic acids is 1. The molecule has 0 bridgehead atoms. The van der Waals surface area contributed by atoms with Crippen molar-refractivity contribution in [1.82, 2.24) is 4.57 Å². The summed E-state index contributed by atoms with van der Waals surface area (Å²) < 4.78 is 27.5. The number of carbonyl (C=O) groups is 1. The maximum absolute atomic E-state index is 11.1. The fourth-order valence-corrected chi connectivity index (χ4v) is 2.17. The van der Waals surface area contributed by atoms with E-state index < -0.39 is 15.0 Å². The Labute approximate surface area is 85.7 Å². The maximum atomic E-state index is 11.1. The maximum Gasteiger partial charge on any atom is 0.354 e. The molecule has 0 saturated heterocycles. The topological polar surface area (TPSA) is 65.4 Å². The molecule has 1 aromatic rings. The normalized spacial score (nSPS) is 11.4. The van der Waals surface area contributed by atoms with E-state index in [0.29, 0.717) is 0 Å². The molecule has 0 aliphatic carbocycles. The van der Waals surface area contributed by atoms with Gasteiger partial charge in [0.05, 0.1) is 7.11 Å². The van der Waals surface area contributed by atoms with Gasteiger partial charge in [-0.05, 0) is 12.1 Å². The van der Waals surface area contributed by atoms with Crippen LogP contribution in [0.2, 0.25) is 0 Å². The lowest BCUT2D eigenvalue weighted by Gasteiger charge is -2.02. The van der Waals surface area contributed by atoms with Crippen LogP contribution in [0, 0.1) is 0 Å². The Hall–Kier alpha value is -1.01. The molecule has 1 aromatic heterocycles. The van der Waals surface area contributed by atoms with Crippen molar-refractivity contribution in [3.05, 3.63) is 17.8 Å². The number of ether oxygens (including phenoxy) is 1. The Bertz CT molecular complexity index is 462. The lowest BCUT2D eigenvalue weighted by atomic mass is 10.4. The first-order valence-electron chi connectivity index (χ1n) is 3.56. The predicted octanol–water partition coefficient (Wildman–Crippen LogP) is 0.739. The zero-order chi connectivity index (χ0) is 10.9. The van der Waals surface area contributed by atoms with E-state index in [0.717, 1.165) is 4.57 Å². The summed E-state index contributed by atoms with van der Waals surface area (Å²) >= 11 is 0. The SMILES string of the molecule is COC(=O)c1ccc(S(=O)(=O)Cl)n1C. The number of aromatic nitrogens is 1. The zero-order valence-corrected chi connectivity index (χ0v) is 9.09. The van der Waals surface area contributed by atoms with Crippen molar-refractivity contribution in [3.63, 3.8) is 0 Å². The number of hydrogen-bond donors (Lipinski definition) is 0. The summed E-state index contributed by atoms with van der Waals surface area (Å²) in [4.78, 5) is 11.1. The summed E-state index contributed by atoms with van der Waals surface area (Å²) in [6.45, 7) is 0. The number of methoxy groups -OCH3 is 1.